The summed E-state index contributed by atoms with van der Waals surface area (Å²) in [4.78, 5) is 44.0. The number of carbonyl (C=O) groups excluding carboxylic acids is 1. The SMILES string of the molecule is COc1ccc(C)cc1NC(=O)Cn1c(=O)n(-c2ccc(C)cc2)c(=O)c2sc(SC)nc21. The highest BCUT2D eigenvalue weighted by Crippen LogP contribution is 2.27. The number of hydrogen-bond acceptors (Lipinski definition) is 7. The number of aromatic nitrogens is 3. The minimum Gasteiger partial charge on any atom is -0.495 e. The molecule has 0 fully saturated rings. The molecule has 0 unspecified atom stereocenters. The molecule has 1 N–H and O–H groups in total. The standard InChI is InChI=1S/C23H22N4O4S2/c1-13-5-8-15(9-6-13)27-21(29)19-20(25-22(32-4)33-19)26(23(27)30)12-18(28)24-16-11-14(2)7-10-17(16)31-3/h5-11H,12H2,1-4H3,(H,24,28). The maximum absolute atomic E-state index is 13.4. The van der Waals surface area contributed by atoms with Crippen LogP contribution in [-0.4, -0.2) is 33.4 Å². The lowest BCUT2D eigenvalue weighted by Gasteiger charge is -2.13. The molecule has 0 aliphatic carbocycles. The van der Waals surface area contributed by atoms with Crippen LogP contribution in [0.5, 0.6) is 5.75 Å². The molecule has 0 aliphatic heterocycles. The summed E-state index contributed by atoms with van der Waals surface area (Å²) >= 11 is 2.58. The Morgan fingerprint density at radius 3 is 2.48 bits per heavy atom. The summed E-state index contributed by atoms with van der Waals surface area (Å²) in [6, 6.07) is 12.5. The molecule has 0 saturated carbocycles. The summed E-state index contributed by atoms with van der Waals surface area (Å²) < 4.78 is 8.61. The Hall–Kier alpha value is -3.37. The predicted octanol–water partition coefficient (Wildman–Crippen LogP) is 3.59. The number of methoxy groups -OCH3 is 1. The Labute approximate surface area is 197 Å². The van der Waals surface area contributed by atoms with Crippen LogP contribution in [0.3, 0.4) is 0 Å². The van der Waals surface area contributed by atoms with Gasteiger partial charge in [-0.2, -0.15) is 0 Å². The second-order valence-electron chi connectivity index (χ2n) is 7.43. The van der Waals surface area contributed by atoms with Crippen LogP contribution >= 0.6 is 23.1 Å². The van der Waals surface area contributed by atoms with Crippen molar-refractivity contribution in [3.63, 3.8) is 0 Å². The van der Waals surface area contributed by atoms with Crippen molar-refractivity contribution in [3.8, 4) is 11.4 Å². The zero-order chi connectivity index (χ0) is 23.7. The third-order valence-corrected chi connectivity index (χ3v) is 7.08. The number of hydrogen-bond donors (Lipinski definition) is 1. The smallest absolute Gasteiger partial charge is 0.337 e. The monoisotopic (exact) mass is 482 g/mol. The van der Waals surface area contributed by atoms with Crippen molar-refractivity contribution in [1.29, 1.82) is 0 Å². The maximum Gasteiger partial charge on any atom is 0.337 e. The van der Waals surface area contributed by atoms with Crippen LogP contribution in [0.4, 0.5) is 5.69 Å². The van der Waals surface area contributed by atoms with E-state index in [1.807, 2.05) is 38.3 Å². The fraction of sp³-hybridized carbons (Fsp3) is 0.217. The number of aryl methyl sites for hydroxylation is 2. The Kier molecular flexibility index (Phi) is 6.39. The topological polar surface area (TPSA) is 95.2 Å². The Morgan fingerprint density at radius 1 is 1.12 bits per heavy atom. The Balaban J connectivity index is 1.83. The zero-order valence-corrected chi connectivity index (χ0v) is 20.2. The van der Waals surface area contributed by atoms with E-state index in [1.165, 1.54) is 34.8 Å². The van der Waals surface area contributed by atoms with Crippen LogP contribution in [0.2, 0.25) is 0 Å². The molecule has 8 nitrogen and oxygen atoms in total. The number of ether oxygens (including phenoxy) is 1. The van der Waals surface area contributed by atoms with E-state index < -0.39 is 17.2 Å². The predicted molar refractivity (Wildman–Crippen MR) is 132 cm³/mol. The van der Waals surface area contributed by atoms with Gasteiger partial charge in [0, 0.05) is 0 Å². The number of nitrogens with one attached hydrogen (secondary N) is 1. The van der Waals surface area contributed by atoms with E-state index in [9.17, 15) is 14.4 Å². The normalized spacial score (nSPS) is 11.0. The fourth-order valence-electron chi connectivity index (χ4n) is 3.42. The van der Waals surface area contributed by atoms with Crippen LogP contribution in [0, 0.1) is 13.8 Å². The first-order valence-corrected chi connectivity index (χ1v) is 12.1. The molecule has 2 aromatic carbocycles. The number of thiazole rings is 1. The molecule has 2 aromatic heterocycles. The largest absolute Gasteiger partial charge is 0.495 e. The lowest BCUT2D eigenvalue weighted by atomic mass is 10.2. The molecule has 1 amide bonds. The van der Waals surface area contributed by atoms with Gasteiger partial charge in [0.05, 0.1) is 18.5 Å². The van der Waals surface area contributed by atoms with Gasteiger partial charge in [-0.05, 0) is 49.9 Å². The first kappa shape index (κ1) is 22.8. The molecule has 2 heterocycles. The number of fused-ring (bicyclic) bond motifs is 1. The highest BCUT2D eigenvalue weighted by atomic mass is 32.2. The third-order valence-electron chi connectivity index (χ3n) is 5.06. The van der Waals surface area contributed by atoms with E-state index in [4.69, 9.17) is 4.74 Å². The molecule has 0 bridgehead atoms. The number of benzene rings is 2. The van der Waals surface area contributed by atoms with Gasteiger partial charge in [-0.25, -0.2) is 14.3 Å². The van der Waals surface area contributed by atoms with Gasteiger partial charge in [-0.3, -0.25) is 14.2 Å². The molecule has 4 rings (SSSR count). The number of nitrogens with zero attached hydrogens (tertiary/aromatic N) is 3. The highest BCUT2D eigenvalue weighted by Gasteiger charge is 2.21. The van der Waals surface area contributed by atoms with Gasteiger partial charge >= 0.3 is 5.69 Å². The van der Waals surface area contributed by atoms with Gasteiger partial charge in [0.2, 0.25) is 5.91 Å². The van der Waals surface area contributed by atoms with Crippen molar-refractivity contribution >= 4 is 45.0 Å². The van der Waals surface area contributed by atoms with Gasteiger partial charge in [-0.1, -0.05) is 35.5 Å². The van der Waals surface area contributed by atoms with Crippen molar-refractivity contribution < 1.29 is 9.53 Å². The lowest BCUT2D eigenvalue weighted by molar-refractivity contribution is -0.116. The van der Waals surface area contributed by atoms with Gasteiger partial charge in [0.15, 0.2) is 9.99 Å². The molecular weight excluding hydrogens is 460 g/mol. The second kappa shape index (κ2) is 9.24. The fourth-order valence-corrected chi connectivity index (χ4v) is 4.91. The lowest BCUT2D eigenvalue weighted by Crippen LogP contribution is -2.40. The summed E-state index contributed by atoms with van der Waals surface area (Å²) in [5, 5.41) is 2.80. The van der Waals surface area contributed by atoms with Crippen LogP contribution in [0.25, 0.3) is 16.0 Å². The minimum absolute atomic E-state index is 0.203. The molecule has 170 valence electrons. The number of thioether (sulfide) groups is 1. The van der Waals surface area contributed by atoms with Crippen LogP contribution in [0.1, 0.15) is 11.1 Å². The van der Waals surface area contributed by atoms with Crippen molar-refractivity contribution in [2.45, 2.75) is 24.7 Å². The van der Waals surface area contributed by atoms with E-state index >= 15 is 0 Å². The van der Waals surface area contributed by atoms with Crippen molar-refractivity contribution in [2.24, 2.45) is 0 Å². The van der Waals surface area contributed by atoms with Crippen molar-refractivity contribution in [3.05, 3.63) is 74.4 Å². The summed E-state index contributed by atoms with van der Waals surface area (Å²) in [6.45, 7) is 3.52. The highest BCUT2D eigenvalue weighted by molar-refractivity contribution is 8.00. The van der Waals surface area contributed by atoms with E-state index in [0.717, 1.165) is 15.7 Å². The van der Waals surface area contributed by atoms with Gasteiger partial charge in [0.25, 0.3) is 5.56 Å². The van der Waals surface area contributed by atoms with E-state index in [2.05, 4.69) is 10.3 Å². The molecule has 0 saturated heterocycles. The van der Waals surface area contributed by atoms with E-state index in [0.29, 0.717) is 26.2 Å². The molecule has 33 heavy (non-hydrogen) atoms. The van der Waals surface area contributed by atoms with Crippen LogP contribution in [0.15, 0.2) is 56.4 Å². The molecular formula is C23H22N4O4S2. The van der Waals surface area contributed by atoms with Gasteiger partial charge < -0.3 is 10.1 Å². The van der Waals surface area contributed by atoms with Crippen molar-refractivity contribution in [1.82, 2.24) is 14.1 Å². The quantitative estimate of drug-likeness (QED) is 0.422. The number of anilines is 1. The zero-order valence-electron chi connectivity index (χ0n) is 18.5. The van der Waals surface area contributed by atoms with Gasteiger partial charge in [0.1, 0.15) is 17.0 Å². The van der Waals surface area contributed by atoms with E-state index in [-0.39, 0.29) is 12.2 Å². The number of amides is 1. The summed E-state index contributed by atoms with van der Waals surface area (Å²) in [5.41, 5.74) is 2.01. The van der Waals surface area contributed by atoms with Crippen molar-refractivity contribution in [2.75, 3.05) is 18.7 Å². The summed E-state index contributed by atoms with van der Waals surface area (Å²) in [7, 11) is 1.52. The Morgan fingerprint density at radius 2 is 1.82 bits per heavy atom. The van der Waals surface area contributed by atoms with Gasteiger partial charge in [-0.15, -0.1) is 11.3 Å². The molecule has 4 aromatic rings. The molecule has 0 aliphatic rings. The first-order chi connectivity index (χ1) is 15.8. The number of carbonyl (C=O) groups is 1. The van der Waals surface area contributed by atoms with Crippen LogP contribution < -0.4 is 21.3 Å². The Bertz CT molecular complexity index is 1470. The first-order valence-electron chi connectivity index (χ1n) is 10.0. The molecule has 10 heteroatoms. The molecule has 0 atom stereocenters. The second-order valence-corrected chi connectivity index (χ2v) is 9.49. The molecule has 0 radical (unpaired) electrons. The average Bonchev–Trinajstić information content (AvgIpc) is 3.23. The minimum atomic E-state index is -0.624. The van der Waals surface area contributed by atoms with Crippen LogP contribution in [-0.2, 0) is 11.3 Å². The summed E-state index contributed by atoms with van der Waals surface area (Å²) in [5.74, 6) is 0.0736. The average molecular weight is 483 g/mol. The van der Waals surface area contributed by atoms with E-state index in [1.54, 1.807) is 24.3 Å². The third kappa shape index (κ3) is 4.44. The molecule has 0 spiro atoms. The number of rotatable bonds is 6. The summed E-state index contributed by atoms with van der Waals surface area (Å²) in [6.07, 6.45) is 1.84. The maximum atomic E-state index is 13.4.